The van der Waals surface area contributed by atoms with Crippen LogP contribution in [0.3, 0.4) is 0 Å². The molecule has 5 heteroatoms. The second kappa shape index (κ2) is 26.5. The summed E-state index contributed by atoms with van der Waals surface area (Å²) in [5.74, 6) is 0.574. The van der Waals surface area contributed by atoms with Gasteiger partial charge >= 0.3 is 0 Å². The Labute approximate surface area is 250 Å². The molecule has 1 aromatic carbocycles. The van der Waals surface area contributed by atoms with Gasteiger partial charge in [0.2, 0.25) is 5.91 Å². The van der Waals surface area contributed by atoms with Crippen LogP contribution in [0.5, 0.6) is 0 Å². The standard InChI is InChI=1S/C20H30N2O3.C6H12.C6H6.2C2H2/c1-3-13-25-16(2)19(23)10-6-5-9-17-14-21-15-18(17)20(24)22-11-7-4-8-12-22;2*1-2-4-6-5-3-1;2*1-2/h5-6,9-10,18,21,23H,2-4,7-8,11-15H2,1H3;1-6H2;1-6H;2*1-2H/p+1/b6-5-,17-9-,19-10+;;;;. The number of piperidine rings is 1. The highest BCUT2D eigenvalue weighted by Gasteiger charge is 2.34. The van der Waals surface area contributed by atoms with Gasteiger partial charge in [0, 0.05) is 18.7 Å². The molecule has 0 aromatic heterocycles. The molecule has 2 saturated heterocycles. The maximum Gasteiger partial charge on any atom is 0.235 e. The average molecular weight is 562 g/mol. The summed E-state index contributed by atoms with van der Waals surface area (Å²) in [4.78, 5) is 14.7. The van der Waals surface area contributed by atoms with Crippen LogP contribution in [-0.4, -0.2) is 48.7 Å². The molecule has 3 N–H and O–H groups in total. The minimum absolute atomic E-state index is 0.0109. The number of hydrogen-bond donors (Lipinski definition) is 2. The van der Waals surface area contributed by atoms with E-state index in [1.54, 1.807) is 12.2 Å². The van der Waals surface area contributed by atoms with Gasteiger partial charge in [-0.05, 0) is 31.8 Å². The summed E-state index contributed by atoms with van der Waals surface area (Å²) in [5.41, 5.74) is 1.15. The number of nitrogens with two attached hydrogens (primary N) is 1. The van der Waals surface area contributed by atoms with Gasteiger partial charge in [-0.1, -0.05) is 107 Å². The normalized spacial score (nSPS) is 19.0. The number of aliphatic hydroxyl groups is 1. The Morgan fingerprint density at radius 2 is 1.41 bits per heavy atom. The zero-order chi connectivity index (χ0) is 30.6. The van der Waals surface area contributed by atoms with E-state index >= 15 is 0 Å². The van der Waals surface area contributed by atoms with Crippen LogP contribution in [-0.2, 0) is 9.53 Å². The molecule has 1 saturated carbocycles. The van der Waals surface area contributed by atoms with Crippen molar-refractivity contribution in [2.75, 3.05) is 32.8 Å². The molecule has 1 amide bonds. The number of quaternary nitrogens is 1. The SMILES string of the molecule is C#C.C#C.C1CCCCC1.C=C(OCCC)\C(O)=C/C=C\C=C1\C[NH2+]CC1C(=O)N1CCCCC1.c1ccccc1. The number of benzene rings is 1. The molecule has 1 aromatic rings. The molecule has 5 nitrogen and oxygen atoms in total. The zero-order valence-corrected chi connectivity index (χ0v) is 25.3. The topological polar surface area (TPSA) is 66.4 Å². The first-order chi connectivity index (χ1) is 20.1. The maximum absolute atomic E-state index is 12.7. The Kier molecular flexibility index (Phi) is 24.2. The highest BCUT2D eigenvalue weighted by molar-refractivity contribution is 5.82. The average Bonchev–Trinajstić information content (AvgIpc) is 3.54. The van der Waals surface area contributed by atoms with Crippen LogP contribution in [0.1, 0.15) is 71.1 Å². The number of nitrogens with zero attached hydrogens (tertiary/aromatic N) is 1. The van der Waals surface area contributed by atoms with Crippen molar-refractivity contribution >= 4 is 5.91 Å². The predicted octanol–water partition coefficient (Wildman–Crippen LogP) is 6.58. The first-order valence-corrected chi connectivity index (χ1v) is 15.0. The van der Waals surface area contributed by atoms with E-state index in [9.17, 15) is 9.90 Å². The third-order valence-electron chi connectivity index (χ3n) is 6.80. The number of ether oxygens (including phenoxy) is 1. The van der Waals surface area contributed by atoms with E-state index in [1.807, 2.05) is 60.4 Å². The summed E-state index contributed by atoms with van der Waals surface area (Å²) in [7, 11) is 0. The van der Waals surface area contributed by atoms with Crippen LogP contribution in [0.4, 0.5) is 0 Å². The second-order valence-electron chi connectivity index (χ2n) is 9.89. The monoisotopic (exact) mass is 561 g/mol. The molecule has 1 unspecified atom stereocenters. The van der Waals surface area contributed by atoms with Gasteiger partial charge in [-0.3, -0.25) is 4.79 Å². The lowest BCUT2D eigenvalue weighted by atomic mass is 9.99. The Morgan fingerprint density at radius 1 is 0.927 bits per heavy atom. The van der Waals surface area contributed by atoms with Crippen molar-refractivity contribution in [2.45, 2.75) is 71.1 Å². The van der Waals surface area contributed by atoms with Crippen molar-refractivity contribution in [1.29, 1.82) is 0 Å². The van der Waals surface area contributed by atoms with Crippen molar-refractivity contribution in [3.63, 3.8) is 0 Å². The number of carbonyl (C=O) groups is 1. The molecule has 3 fully saturated rings. The van der Waals surface area contributed by atoms with Gasteiger partial charge in [0.1, 0.15) is 5.92 Å². The van der Waals surface area contributed by atoms with Crippen molar-refractivity contribution in [2.24, 2.45) is 5.92 Å². The van der Waals surface area contributed by atoms with Crippen LogP contribution in [0.15, 0.2) is 84.4 Å². The van der Waals surface area contributed by atoms with Crippen LogP contribution in [0, 0.1) is 31.6 Å². The molecule has 2 heterocycles. The summed E-state index contributed by atoms with van der Waals surface area (Å²) in [6.07, 6.45) is 36.5. The molecule has 0 bridgehead atoms. The fourth-order valence-electron chi connectivity index (χ4n) is 4.65. The summed E-state index contributed by atoms with van der Waals surface area (Å²) in [5, 5.41) is 12.0. The first-order valence-electron chi connectivity index (χ1n) is 15.0. The van der Waals surface area contributed by atoms with E-state index < -0.39 is 0 Å². The van der Waals surface area contributed by atoms with E-state index in [4.69, 9.17) is 4.74 Å². The number of terminal acetylenes is 2. The lowest BCUT2D eigenvalue weighted by molar-refractivity contribution is -0.634. The molecular formula is C36H53N2O3+. The first kappa shape index (κ1) is 37.3. The van der Waals surface area contributed by atoms with Crippen molar-refractivity contribution in [3.05, 3.63) is 84.4 Å². The van der Waals surface area contributed by atoms with Crippen LogP contribution < -0.4 is 5.32 Å². The van der Waals surface area contributed by atoms with Crippen LogP contribution in [0.25, 0.3) is 0 Å². The van der Waals surface area contributed by atoms with E-state index in [0.29, 0.717) is 6.61 Å². The minimum atomic E-state index is -0.0109. The number of hydrogen-bond acceptors (Lipinski definition) is 3. The second-order valence-corrected chi connectivity index (χ2v) is 9.89. The van der Waals surface area contributed by atoms with Gasteiger partial charge in [0.15, 0.2) is 11.5 Å². The van der Waals surface area contributed by atoms with Gasteiger partial charge < -0.3 is 20.1 Å². The minimum Gasteiger partial charge on any atom is -0.504 e. The highest BCUT2D eigenvalue weighted by Crippen LogP contribution is 2.19. The number of rotatable bonds is 7. The molecular weight excluding hydrogens is 508 g/mol. The van der Waals surface area contributed by atoms with E-state index in [-0.39, 0.29) is 23.3 Å². The van der Waals surface area contributed by atoms with Gasteiger partial charge in [-0.15, -0.1) is 25.7 Å². The smallest absolute Gasteiger partial charge is 0.235 e. The number of aliphatic hydroxyl groups excluding tert-OH is 1. The zero-order valence-electron chi connectivity index (χ0n) is 25.3. The third kappa shape index (κ3) is 17.6. The fourth-order valence-corrected chi connectivity index (χ4v) is 4.65. The van der Waals surface area contributed by atoms with Crippen molar-refractivity contribution < 1.29 is 20.0 Å². The van der Waals surface area contributed by atoms with E-state index in [0.717, 1.165) is 51.0 Å². The van der Waals surface area contributed by atoms with Gasteiger partial charge in [-0.25, -0.2) is 0 Å². The van der Waals surface area contributed by atoms with Crippen LogP contribution in [0.2, 0.25) is 0 Å². The lowest BCUT2D eigenvalue weighted by Crippen LogP contribution is -2.81. The molecule has 0 radical (unpaired) electrons. The molecule has 224 valence electrons. The Bertz CT molecular complexity index is 889. The summed E-state index contributed by atoms with van der Waals surface area (Å²) in [6, 6.07) is 12.0. The fraction of sp³-hybridized carbons (Fsp3) is 0.472. The summed E-state index contributed by atoms with van der Waals surface area (Å²) in [6.45, 7) is 9.72. The van der Waals surface area contributed by atoms with Gasteiger partial charge in [-0.2, -0.15) is 0 Å². The Hall–Kier alpha value is -3.67. The van der Waals surface area contributed by atoms with E-state index in [1.165, 1.54) is 44.9 Å². The maximum atomic E-state index is 12.7. The third-order valence-corrected chi connectivity index (χ3v) is 6.80. The van der Waals surface area contributed by atoms with Crippen LogP contribution >= 0.6 is 0 Å². The number of carbonyl (C=O) groups excluding carboxylic acids is 1. The number of amides is 1. The molecule has 1 aliphatic carbocycles. The summed E-state index contributed by atoms with van der Waals surface area (Å²) >= 11 is 0. The molecule has 1 atom stereocenters. The quantitative estimate of drug-likeness (QED) is 0.224. The Balaban J connectivity index is 0.000000808. The largest absolute Gasteiger partial charge is 0.504 e. The van der Waals surface area contributed by atoms with E-state index in [2.05, 4.69) is 37.6 Å². The van der Waals surface area contributed by atoms with Crippen molar-refractivity contribution in [3.8, 4) is 25.7 Å². The molecule has 2 aliphatic heterocycles. The lowest BCUT2D eigenvalue weighted by Gasteiger charge is -2.28. The molecule has 41 heavy (non-hydrogen) atoms. The molecule has 3 aliphatic rings. The predicted molar refractivity (Wildman–Crippen MR) is 173 cm³/mol. The van der Waals surface area contributed by atoms with Crippen molar-refractivity contribution in [1.82, 2.24) is 4.90 Å². The highest BCUT2D eigenvalue weighted by atomic mass is 16.5. The van der Waals surface area contributed by atoms with Gasteiger partial charge in [0.05, 0.1) is 19.7 Å². The Morgan fingerprint density at radius 3 is 1.90 bits per heavy atom. The number of likely N-dealkylation sites (tertiary alicyclic amines) is 1. The molecule has 4 rings (SSSR count). The van der Waals surface area contributed by atoms with Gasteiger partial charge in [0.25, 0.3) is 0 Å². The molecule has 0 spiro atoms. The summed E-state index contributed by atoms with van der Waals surface area (Å²) < 4.78 is 5.28. The number of allylic oxidation sites excluding steroid dienone is 4.